The Balaban J connectivity index is 1.82. The summed E-state index contributed by atoms with van der Waals surface area (Å²) in [5.41, 5.74) is -0.339. The highest BCUT2D eigenvalue weighted by molar-refractivity contribution is 5.70. The number of carbonyl (C=O) groups excluding carboxylic acids is 1. The first-order valence-electron chi connectivity index (χ1n) is 7.59. The molecule has 20 heavy (non-hydrogen) atoms. The predicted molar refractivity (Wildman–Crippen MR) is 77.9 cm³/mol. The molecule has 4 heteroatoms. The van der Waals surface area contributed by atoms with Gasteiger partial charge in [0, 0.05) is 12.3 Å². The predicted octanol–water partition coefficient (Wildman–Crippen LogP) is 3.58. The molecule has 0 N–H and O–H groups in total. The van der Waals surface area contributed by atoms with Crippen LogP contribution in [0.4, 0.5) is 4.79 Å². The van der Waals surface area contributed by atoms with E-state index in [0.29, 0.717) is 0 Å². The van der Waals surface area contributed by atoms with E-state index in [-0.39, 0.29) is 11.7 Å². The average molecular weight is 277 g/mol. The maximum Gasteiger partial charge on any atom is 0.421 e. The van der Waals surface area contributed by atoms with Crippen molar-refractivity contribution in [2.45, 2.75) is 58.0 Å². The van der Waals surface area contributed by atoms with Crippen molar-refractivity contribution < 1.29 is 9.53 Å². The number of aromatic nitrogens is 1. The summed E-state index contributed by atoms with van der Waals surface area (Å²) in [6.07, 6.45) is 8.78. The molecule has 0 atom stereocenters. The molecule has 1 fully saturated rings. The number of pyridine rings is 1. The van der Waals surface area contributed by atoms with Crippen molar-refractivity contribution in [2.75, 3.05) is 0 Å². The summed E-state index contributed by atoms with van der Waals surface area (Å²) in [7, 11) is 0. The molecule has 110 valence electrons. The van der Waals surface area contributed by atoms with Gasteiger partial charge in [0.25, 0.3) is 5.56 Å². The van der Waals surface area contributed by atoms with Gasteiger partial charge in [0.05, 0.1) is 0 Å². The molecule has 2 rings (SSSR count). The van der Waals surface area contributed by atoms with Gasteiger partial charge in [0.15, 0.2) is 0 Å². The lowest BCUT2D eigenvalue weighted by Gasteiger charge is -2.28. The highest BCUT2D eigenvalue weighted by Crippen LogP contribution is 2.29. The van der Waals surface area contributed by atoms with Crippen molar-refractivity contribution in [1.82, 2.24) is 4.57 Å². The SMILES string of the molecule is CCCC[C@H]1CC[C@H](OC(=O)n2ccccc2=O)CC1. The Hall–Kier alpha value is -1.58. The monoisotopic (exact) mass is 277 g/mol. The quantitative estimate of drug-likeness (QED) is 0.845. The van der Waals surface area contributed by atoms with Gasteiger partial charge in [-0.2, -0.15) is 0 Å². The zero-order valence-corrected chi connectivity index (χ0v) is 12.1. The lowest BCUT2D eigenvalue weighted by molar-refractivity contribution is 0.0633. The maximum atomic E-state index is 11.9. The van der Waals surface area contributed by atoms with Gasteiger partial charge < -0.3 is 4.74 Å². The largest absolute Gasteiger partial charge is 0.446 e. The molecule has 1 heterocycles. The fraction of sp³-hybridized carbons (Fsp3) is 0.625. The Bertz CT molecular complexity index is 486. The number of hydrogen-bond acceptors (Lipinski definition) is 3. The van der Waals surface area contributed by atoms with Gasteiger partial charge in [-0.25, -0.2) is 9.36 Å². The second-order valence-corrected chi connectivity index (χ2v) is 5.58. The minimum atomic E-state index is -0.549. The molecule has 1 aromatic heterocycles. The Morgan fingerprint density at radius 1 is 1.30 bits per heavy atom. The molecule has 4 nitrogen and oxygen atoms in total. The number of unbranched alkanes of at least 4 members (excludes halogenated alkanes) is 1. The van der Waals surface area contributed by atoms with Crippen LogP contribution in [0.5, 0.6) is 0 Å². The Morgan fingerprint density at radius 2 is 2.05 bits per heavy atom. The molecule has 0 amide bonds. The second kappa shape index (κ2) is 7.27. The number of hydrogen-bond donors (Lipinski definition) is 0. The molecular weight excluding hydrogens is 254 g/mol. The zero-order valence-electron chi connectivity index (χ0n) is 12.1. The maximum absolute atomic E-state index is 11.9. The van der Waals surface area contributed by atoms with E-state index in [1.807, 2.05) is 0 Å². The molecule has 1 aliphatic rings. The van der Waals surface area contributed by atoms with E-state index in [0.717, 1.165) is 36.2 Å². The summed E-state index contributed by atoms with van der Waals surface area (Å²) in [6.45, 7) is 2.21. The van der Waals surface area contributed by atoms with Crippen LogP contribution in [-0.4, -0.2) is 16.8 Å². The fourth-order valence-corrected chi connectivity index (χ4v) is 2.81. The summed E-state index contributed by atoms with van der Waals surface area (Å²) >= 11 is 0. The molecule has 0 radical (unpaired) electrons. The number of ether oxygens (including phenoxy) is 1. The van der Waals surface area contributed by atoms with E-state index < -0.39 is 6.09 Å². The Morgan fingerprint density at radius 3 is 2.70 bits per heavy atom. The molecule has 0 aliphatic heterocycles. The van der Waals surface area contributed by atoms with Crippen LogP contribution in [-0.2, 0) is 4.74 Å². The van der Waals surface area contributed by atoms with Crippen molar-refractivity contribution in [3.63, 3.8) is 0 Å². The van der Waals surface area contributed by atoms with Gasteiger partial charge in [-0.1, -0.05) is 32.3 Å². The van der Waals surface area contributed by atoms with Gasteiger partial charge in [0.1, 0.15) is 6.10 Å². The average Bonchev–Trinajstić information content (AvgIpc) is 2.47. The molecule has 0 spiro atoms. The third-order valence-electron chi connectivity index (χ3n) is 4.05. The minimum absolute atomic E-state index is 0.0347. The highest BCUT2D eigenvalue weighted by Gasteiger charge is 2.24. The lowest BCUT2D eigenvalue weighted by Crippen LogP contribution is -2.31. The molecule has 1 saturated carbocycles. The van der Waals surface area contributed by atoms with Crippen LogP contribution in [0.15, 0.2) is 29.2 Å². The van der Waals surface area contributed by atoms with E-state index in [2.05, 4.69) is 6.92 Å². The van der Waals surface area contributed by atoms with Gasteiger partial charge >= 0.3 is 6.09 Å². The van der Waals surface area contributed by atoms with E-state index in [4.69, 9.17) is 4.74 Å². The second-order valence-electron chi connectivity index (χ2n) is 5.58. The minimum Gasteiger partial charge on any atom is -0.446 e. The zero-order chi connectivity index (χ0) is 14.4. The lowest BCUT2D eigenvalue weighted by atomic mass is 9.84. The van der Waals surface area contributed by atoms with E-state index >= 15 is 0 Å². The summed E-state index contributed by atoms with van der Waals surface area (Å²) in [6, 6.07) is 4.64. The Kier molecular flexibility index (Phi) is 5.39. The summed E-state index contributed by atoms with van der Waals surface area (Å²) in [4.78, 5) is 23.5. The molecule has 0 unspecified atom stereocenters. The molecular formula is C16H23NO3. The van der Waals surface area contributed by atoms with Gasteiger partial charge in [-0.15, -0.1) is 0 Å². The number of rotatable bonds is 4. The normalized spacial score (nSPS) is 22.4. The third kappa shape index (κ3) is 3.95. The molecule has 1 aromatic rings. The van der Waals surface area contributed by atoms with Gasteiger partial charge in [-0.05, 0) is 37.7 Å². The van der Waals surface area contributed by atoms with Crippen molar-refractivity contribution in [3.05, 3.63) is 34.7 Å². The van der Waals surface area contributed by atoms with Crippen LogP contribution in [0.2, 0.25) is 0 Å². The standard InChI is InChI=1S/C16H23NO3/c1-2-3-6-13-8-10-14(11-9-13)20-16(19)17-12-5-4-7-15(17)18/h4-5,7,12-14H,2-3,6,8-11H2,1H3/t13-,14-. The van der Waals surface area contributed by atoms with Gasteiger partial charge in [-0.3, -0.25) is 4.79 Å². The van der Waals surface area contributed by atoms with Crippen LogP contribution in [0, 0.1) is 5.92 Å². The van der Waals surface area contributed by atoms with E-state index in [9.17, 15) is 9.59 Å². The molecule has 1 aliphatic carbocycles. The number of carbonyl (C=O) groups is 1. The summed E-state index contributed by atoms with van der Waals surface area (Å²) in [5.74, 6) is 0.782. The van der Waals surface area contributed by atoms with Gasteiger partial charge in [0.2, 0.25) is 0 Å². The highest BCUT2D eigenvalue weighted by atomic mass is 16.6. The van der Waals surface area contributed by atoms with Crippen molar-refractivity contribution in [1.29, 1.82) is 0 Å². The van der Waals surface area contributed by atoms with E-state index in [1.165, 1.54) is 31.5 Å². The molecule has 0 aromatic carbocycles. The first-order chi connectivity index (χ1) is 9.70. The van der Waals surface area contributed by atoms with Crippen LogP contribution in [0.25, 0.3) is 0 Å². The van der Waals surface area contributed by atoms with Crippen molar-refractivity contribution in [2.24, 2.45) is 5.92 Å². The van der Waals surface area contributed by atoms with Crippen molar-refractivity contribution in [3.8, 4) is 0 Å². The van der Waals surface area contributed by atoms with Crippen LogP contribution >= 0.6 is 0 Å². The first kappa shape index (κ1) is 14.8. The fourth-order valence-electron chi connectivity index (χ4n) is 2.81. The van der Waals surface area contributed by atoms with Crippen molar-refractivity contribution >= 4 is 6.09 Å². The van der Waals surface area contributed by atoms with E-state index in [1.54, 1.807) is 12.1 Å². The summed E-state index contributed by atoms with van der Waals surface area (Å²) < 4.78 is 6.47. The number of nitrogens with zero attached hydrogens (tertiary/aromatic N) is 1. The topological polar surface area (TPSA) is 48.3 Å². The summed E-state index contributed by atoms with van der Waals surface area (Å²) in [5, 5.41) is 0. The Labute approximate surface area is 119 Å². The smallest absolute Gasteiger partial charge is 0.421 e. The molecule has 0 bridgehead atoms. The first-order valence-corrected chi connectivity index (χ1v) is 7.59. The third-order valence-corrected chi connectivity index (χ3v) is 4.05. The van der Waals surface area contributed by atoms with Crippen LogP contribution in [0.1, 0.15) is 51.9 Å². The molecule has 0 saturated heterocycles. The van der Waals surface area contributed by atoms with Crippen LogP contribution in [0.3, 0.4) is 0 Å². The van der Waals surface area contributed by atoms with Crippen LogP contribution < -0.4 is 5.56 Å².